The third-order valence-electron chi connectivity index (χ3n) is 3.06. The Hall–Kier alpha value is -2.14. The highest BCUT2D eigenvalue weighted by molar-refractivity contribution is 5.69. The maximum absolute atomic E-state index is 11.3. The Balaban J connectivity index is 1.86. The summed E-state index contributed by atoms with van der Waals surface area (Å²) in [5.74, 6) is 0.604. The number of aromatic nitrogens is 1. The lowest BCUT2D eigenvalue weighted by Crippen LogP contribution is -2.22. The fraction of sp³-hybridized carbons (Fsp3) is 0.375. The molecule has 1 aromatic carbocycles. The molecule has 0 fully saturated rings. The van der Waals surface area contributed by atoms with Gasteiger partial charge in [0.1, 0.15) is 5.69 Å². The molecule has 112 valence electrons. The Morgan fingerprint density at radius 3 is 2.81 bits per heavy atom. The van der Waals surface area contributed by atoms with Crippen molar-refractivity contribution in [3.63, 3.8) is 0 Å². The summed E-state index contributed by atoms with van der Waals surface area (Å²) >= 11 is 0. The Kier molecular flexibility index (Phi) is 5.51. The van der Waals surface area contributed by atoms with E-state index in [4.69, 9.17) is 9.26 Å². The summed E-state index contributed by atoms with van der Waals surface area (Å²) in [4.78, 5) is 13.3. The van der Waals surface area contributed by atoms with Gasteiger partial charge in [0.15, 0.2) is 5.76 Å². The molecule has 1 aromatic heterocycles. The molecule has 0 aliphatic carbocycles. The Labute approximate surface area is 124 Å². The second kappa shape index (κ2) is 7.59. The number of rotatable bonds is 7. The Morgan fingerprint density at radius 2 is 2.10 bits per heavy atom. The van der Waals surface area contributed by atoms with Crippen LogP contribution in [-0.4, -0.2) is 36.2 Å². The smallest absolute Gasteiger partial charge is 0.307 e. The van der Waals surface area contributed by atoms with Crippen molar-refractivity contribution >= 4 is 5.97 Å². The van der Waals surface area contributed by atoms with Crippen molar-refractivity contribution in [3.8, 4) is 11.3 Å². The summed E-state index contributed by atoms with van der Waals surface area (Å²) < 4.78 is 10.2. The van der Waals surface area contributed by atoms with Crippen molar-refractivity contribution in [2.24, 2.45) is 0 Å². The van der Waals surface area contributed by atoms with E-state index in [1.807, 2.05) is 48.3 Å². The number of carbonyl (C=O) groups excluding carboxylic acids is 1. The second-order valence-corrected chi connectivity index (χ2v) is 4.84. The molecule has 21 heavy (non-hydrogen) atoms. The predicted octanol–water partition coefficient (Wildman–Crippen LogP) is 2.73. The Morgan fingerprint density at radius 1 is 1.33 bits per heavy atom. The molecule has 2 rings (SSSR count). The lowest BCUT2D eigenvalue weighted by atomic mass is 10.1. The van der Waals surface area contributed by atoms with E-state index in [0.717, 1.165) is 17.0 Å². The largest absolute Gasteiger partial charge is 0.466 e. The van der Waals surface area contributed by atoms with Crippen LogP contribution in [0.1, 0.15) is 19.1 Å². The minimum Gasteiger partial charge on any atom is -0.466 e. The maximum atomic E-state index is 11.3. The molecular formula is C16H20N2O3. The number of ether oxygens (including phenoxy) is 1. The van der Waals surface area contributed by atoms with Crippen LogP contribution in [0, 0.1) is 0 Å². The quantitative estimate of drug-likeness (QED) is 0.733. The van der Waals surface area contributed by atoms with Gasteiger partial charge in [-0.15, -0.1) is 0 Å². The van der Waals surface area contributed by atoms with Crippen molar-refractivity contribution in [2.75, 3.05) is 20.2 Å². The van der Waals surface area contributed by atoms with Crippen LogP contribution in [0.25, 0.3) is 11.3 Å². The molecule has 5 nitrogen and oxygen atoms in total. The van der Waals surface area contributed by atoms with Gasteiger partial charge in [-0.3, -0.25) is 9.69 Å². The molecule has 2 aromatic rings. The molecular weight excluding hydrogens is 268 g/mol. The van der Waals surface area contributed by atoms with E-state index in [1.165, 1.54) is 0 Å². The first kappa shape index (κ1) is 15.3. The number of carbonyl (C=O) groups is 1. The van der Waals surface area contributed by atoms with Gasteiger partial charge in [-0.1, -0.05) is 35.5 Å². The van der Waals surface area contributed by atoms with Gasteiger partial charge in [-0.2, -0.15) is 0 Å². The standard InChI is InChI=1S/C16H20N2O3/c1-3-20-16(19)9-10-18(2)12-14-11-15(17-21-14)13-7-5-4-6-8-13/h4-8,11H,3,9-10,12H2,1-2H3. The normalized spacial score (nSPS) is 10.8. The SMILES string of the molecule is CCOC(=O)CCN(C)Cc1cc(-c2ccccc2)no1. The molecule has 0 radical (unpaired) electrons. The van der Waals surface area contributed by atoms with Gasteiger partial charge in [0.05, 0.1) is 19.6 Å². The second-order valence-electron chi connectivity index (χ2n) is 4.84. The van der Waals surface area contributed by atoms with Crippen molar-refractivity contribution in [3.05, 3.63) is 42.2 Å². The molecule has 0 saturated carbocycles. The first-order valence-corrected chi connectivity index (χ1v) is 7.04. The van der Waals surface area contributed by atoms with Crippen molar-refractivity contribution in [2.45, 2.75) is 19.9 Å². The highest BCUT2D eigenvalue weighted by atomic mass is 16.5. The van der Waals surface area contributed by atoms with E-state index in [1.54, 1.807) is 6.92 Å². The fourth-order valence-corrected chi connectivity index (χ4v) is 1.99. The summed E-state index contributed by atoms with van der Waals surface area (Å²) in [6, 6.07) is 11.8. The Bertz CT molecular complexity index is 566. The van der Waals surface area contributed by atoms with Crippen LogP contribution in [0.4, 0.5) is 0 Å². The van der Waals surface area contributed by atoms with Crippen LogP contribution in [0.3, 0.4) is 0 Å². The summed E-state index contributed by atoms with van der Waals surface area (Å²) in [5.41, 5.74) is 1.85. The van der Waals surface area contributed by atoms with Crippen LogP contribution >= 0.6 is 0 Å². The molecule has 0 amide bonds. The van der Waals surface area contributed by atoms with E-state index in [0.29, 0.717) is 26.1 Å². The summed E-state index contributed by atoms with van der Waals surface area (Å²) in [5, 5.41) is 4.07. The van der Waals surface area contributed by atoms with Gasteiger partial charge < -0.3 is 9.26 Å². The average Bonchev–Trinajstić information content (AvgIpc) is 2.95. The van der Waals surface area contributed by atoms with Crippen LogP contribution in [0.5, 0.6) is 0 Å². The summed E-state index contributed by atoms with van der Waals surface area (Å²) in [7, 11) is 1.93. The molecule has 5 heteroatoms. The lowest BCUT2D eigenvalue weighted by Gasteiger charge is -2.13. The molecule has 0 saturated heterocycles. The summed E-state index contributed by atoms with van der Waals surface area (Å²) in [6.07, 6.45) is 0.379. The van der Waals surface area contributed by atoms with Gasteiger partial charge in [0, 0.05) is 18.2 Å². The zero-order chi connectivity index (χ0) is 15.1. The molecule has 1 heterocycles. The molecule has 0 aliphatic rings. The lowest BCUT2D eigenvalue weighted by molar-refractivity contribution is -0.143. The van der Waals surface area contributed by atoms with Crippen molar-refractivity contribution in [1.29, 1.82) is 0 Å². The number of nitrogens with zero attached hydrogens (tertiary/aromatic N) is 2. The van der Waals surface area contributed by atoms with Gasteiger partial charge in [0.25, 0.3) is 0 Å². The van der Waals surface area contributed by atoms with E-state index >= 15 is 0 Å². The highest BCUT2D eigenvalue weighted by Crippen LogP contribution is 2.19. The third kappa shape index (κ3) is 4.72. The zero-order valence-electron chi connectivity index (χ0n) is 12.4. The first-order valence-electron chi connectivity index (χ1n) is 7.04. The van der Waals surface area contributed by atoms with Gasteiger partial charge in [-0.05, 0) is 14.0 Å². The first-order chi connectivity index (χ1) is 10.2. The third-order valence-corrected chi connectivity index (χ3v) is 3.06. The van der Waals surface area contributed by atoms with Gasteiger partial charge in [-0.25, -0.2) is 0 Å². The predicted molar refractivity (Wildman–Crippen MR) is 79.5 cm³/mol. The van der Waals surface area contributed by atoms with E-state index in [2.05, 4.69) is 5.16 Å². The van der Waals surface area contributed by atoms with E-state index in [-0.39, 0.29) is 5.97 Å². The van der Waals surface area contributed by atoms with E-state index < -0.39 is 0 Å². The van der Waals surface area contributed by atoms with Crippen LogP contribution in [-0.2, 0) is 16.1 Å². The number of hydrogen-bond donors (Lipinski definition) is 0. The minimum atomic E-state index is -0.174. The molecule has 0 bridgehead atoms. The molecule has 0 unspecified atom stereocenters. The van der Waals surface area contributed by atoms with Crippen LogP contribution in [0.2, 0.25) is 0 Å². The van der Waals surface area contributed by atoms with Gasteiger partial charge >= 0.3 is 5.97 Å². The monoisotopic (exact) mass is 288 g/mol. The molecule has 0 aliphatic heterocycles. The van der Waals surface area contributed by atoms with E-state index in [9.17, 15) is 4.79 Å². The highest BCUT2D eigenvalue weighted by Gasteiger charge is 2.10. The molecule has 0 spiro atoms. The molecule has 0 N–H and O–H groups in total. The van der Waals surface area contributed by atoms with Crippen molar-refractivity contribution < 1.29 is 14.1 Å². The molecule has 0 atom stereocenters. The number of esters is 1. The maximum Gasteiger partial charge on any atom is 0.307 e. The topological polar surface area (TPSA) is 55.6 Å². The van der Waals surface area contributed by atoms with Gasteiger partial charge in [0.2, 0.25) is 0 Å². The minimum absolute atomic E-state index is 0.174. The average molecular weight is 288 g/mol. The van der Waals surface area contributed by atoms with Crippen molar-refractivity contribution in [1.82, 2.24) is 10.1 Å². The number of hydrogen-bond acceptors (Lipinski definition) is 5. The number of benzene rings is 1. The van der Waals surface area contributed by atoms with Crippen LogP contribution < -0.4 is 0 Å². The fourth-order valence-electron chi connectivity index (χ4n) is 1.99. The zero-order valence-corrected chi connectivity index (χ0v) is 12.4. The summed E-state index contributed by atoms with van der Waals surface area (Å²) in [6.45, 7) is 3.46. The van der Waals surface area contributed by atoms with Crippen LogP contribution in [0.15, 0.2) is 40.9 Å².